The summed E-state index contributed by atoms with van der Waals surface area (Å²) in [5.41, 5.74) is 2.62. The molecule has 0 unspecified atom stereocenters. The highest BCUT2D eigenvalue weighted by Crippen LogP contribution is 2.24. The molecule has 28 heavy (non-hydrogen) atoms. The number of carbonyl (C=O) groups excluding carboxylic acids is 1. The molecule has 0 atom stereocenters. The number of carbonyl (C=O) groups is 1. The summed E-state index contributed by atoms with van der Waals surface area (Å²) in [5, 5.41) is 6.22. The van der Waals surface area contributed by atoms with Gasteiger partial charge in [0.2, 0.25) is 0 Å². The first-order chi connectivity index (χ1) is 13.5. The van der Waals surface area contributed by atoms with Crippen LogP contribution in [0.3, 0.4) is 0 Å². The van der Waals surface area contributed by atoms with Crippen molar-refractivity contribution in [2.24, 2.45) is 5.92 Å². The Morgan fingerprint density at radius 2 is 1.89 bits per heavy atom. The molecule has 3 rings (SSSR count). The van der Waals surface area contributed by atoms with Crippen molar-refractivity contribution in [2.45, 2.75) is 19.8 Å². The van der Waals surface area contributed by atoms with Gasteiger partial charge in [0.15, 0.2) is 0 Å². The van der Waals surface area contributed by atoms with Crippen LogP contribution in [-0.4, -0.2) is 56.1 Å². The molecule has 0 radical (unpaired) electrons. The Balaban J connectivity index is 1.57. The van der Waals surface area contributed by atoms with Crippen molar-refractivity contribution in [3.63, 3.8) is 0 Å². The third kappa shape index (κ3) is 5.70. The van der Waals surface area contributed by atoms with E-state index in [2.05, 4.69) is 44.5 Å². The second kappa shape index (κ2) is 9.55. The fourth-order valence-electron chi connectivity index (χ4n) is 3.30. The average molecular weight is 382 g/mol. The quantitative estimate of drug-likeness (QED) is 0.768. The van der Waals surface area contributed by atoms with E-state index >= 15 is 0 Å². The van der Waals surface area contributed by atoms with E-state index in [9.17, 15) is 4.79 Å². The topological polar surface area (TPSA) is 60.5 Å². The van der Waals surface area contributed by atoms with Crippen molar-refractivity contribution in [2.75, 3.05) is 55.8 Å². The van der Waals surface area contributed by atoms with Crippen LogP contribution in [0, 0.1) is 5.92 Å². The van der Waals surface area contributed by atoms with Crippen molar-refractivity contribution in [3.05, 3.63) is 48.2 Å². The van der Waals surface area contributed by atoms with Gasteiger partial charge in [0.25, 0.3) is 5.91 Å². The van der Waals surface area contributed by atoms with Gasteiger partial charge in [-0.1, -0.05) is 6.92 Å². The summed E-state index contributed by atoms with van der Waals surface area (Å²) in [6.45, 7) is 6.21. The molecule has 1 aromatic heterocycles. The number of rotatable bonds is 7. The minimum Gasteiger partial charge on any atom is -0.372 e. The molecule has 0 spiro atoms. The number of piperidine rings is 1. The predicted octanol–water partition coefficient (Wildman–Crippen LogP) is 3.54. The first-order valence-corrected chi connectivity index (χ1v) is 10.0. The second-order valence-electron chi connectivity index (χ2n) is 7.83. The Morgan fingerprint density at radius 1 is 1.18 bits per heavy atom. The van der Waals surface area contributed by atoms with Crippen LogP contribution < -0.4 is 15.5 Å². The lowest BCUT2D eigenvalue weighted by atomic mass is 9.99. The summed E-state index contributed by atoms with van der Waals surface area (Å²) >= 11 is 0. The van der Waals surface area contributed by atoms with Crippen LogP contribution in [0.15, 0.2) is 42.6 Å². The van der Waals surface area contributed by atoms with Gasteiger partial charge in [-0.05, 0) is 69.3 Å². The molecule has 1 aliphatic heterocycles. The van der Waals surface area contributed by atoms with Crippen LogP contribution in [0.2, 0.25) is 0 Å². The SMILES string of the molecule is CC1CCN(c2ccc(NC(=O)c3ccnc(NCCN(C)C)c3)cc2)CC1. The van der Waals surface area contributed by atoms with Gasteiger partial charge in [-0.25, -0.2) is 4.98 Å². The average Bonchev–Trinajstić information content (AvgIpc) is 2.69. The van der Waals surface area contributed by atoms with Crippen molar-refractivity contribution in [1.82, 2.24) is 9.88 Å². The summed E-state index contributed by atoms with van der Waals surface area (Å²) in [6.07, 6.45) is 4.14. The lowest BCUT2D eigenvalue weighted by Crippen LogP contribution is -2.32. The van der Waals surface area contributed by atoms with Gasteiger partial charge in [0, 0.05) is 49.3 Å². The van der Waals surface area contributed by atoms with Crippen molar-refractivity contribution < 1.29 is 4.79 Å². The molecule has 2 N–H and O–H groups in total. The molecule has 2 aromatic rings. The number of amides is 1. The summed E-state index contributed by atoms with van der Waals surface area (Å²) in [4.78, 5) is 21.4. The summed E-state index contributed by atoms with van der Waals surface area (Å²) in [5.74, 6) is 1.40. The van der Waals surface area contributed by atoms with E-state index in [1.54, 1.807) is 18.3 Å². The van der Waals surface area contributed by atoms with Gasteiger partial charge in [-0.3, -0.25) is 4.79 Å². The fourth-order valence-corrected chi connectivity index (χ4v) is 3.30. The molecule has 0 saturated carbocycles. The predicted molar refractivity (Wildman–Crippen MR) is 116 cm³/mol. The monoisotopic (exact) mass is 381 g/mol. The highest BCUT2D eigenvalue weighted by atomic mass is 16.1. The van der Waals surface area contributed by atoms with Crippen molar-refractivity contribution in [1.29, 1.82) is 0 Å². The van der Waals surface area contributed by atoms with Gasteiger partial charge in [0.1, 0.15) is 5.82 Å². The van der Waals surface area contributed by atoms with Gasteiger partial charge in [-0.2, -0.15) is 0 Å². The molecule has 1 aliphatic rings. The number of hydrogen-bond donors (Lipinski definition) is 2. The van der Waals surface area contributed by atoms with E-state index in [4.69, 9.17) is 0 Å². The van der Waals surface area contributed by atoms with Gasteiger partial charge in [-0.15, -0.1) is 0 Å². The third-order valence-electron chi connectivity index (χ3n) is 5.16. The van der Waals surface area contributed by atoms with E-state index in [1.165, 1.54) is 18.5 Å². The smallest absolute Gasteiger partial charge is 0.255 e. The second-order valence-corrected chi connectivity index (χ2v) is 7.83. The highest BCUT2D eigenvalue weighted by Gasteiger charge is 2.16. The molecule has 0 bridgehead atoms. The summed E-state index contributed by atoms with van der Waals surface area (Å²) < 4.78 is 0. The lowest BCUT2D eigenvalue weighted by molar-refractivity contribution is 0.102. The highest BCUT2D eigenvalue weighted by molar-refractivity contribution is 6.04. The number of nitrogens with zero attached hydrogens (tertiary/aromatic N) is 3. The standard InChI is InChI=1S/C22H31N5O/c1-17-9-13-27(14-10-17)20-6-4-19(5-7-20)25-22(28)18-8-11-23-21(16-18)24-12-15-26(2)3/h4-8,11,16-17H,9-10,12-15H2,1-3H3,(H,23,24)(H,25,28). The zero-order chi connectivity index (χ0) is 19.9. The Bertz CT molecular complexity index is 767. The number of anilines is 3. The van der Waals surface area contributed by atoms with Crippen LogP contribution in [0.4, 0.5) is 17.2 Å². The van der Waals surface area contributed by atoms with Crippen LogP contribution in [-0.2, 0) is 0 Å². The zero-order valence-electron chi connectivity index (χ0n) is 17.1. The van der Waals surface area contributed by atoms with Gasteiger partial charge in [0.05, 0.1) is 0 Å². The van der Waals surface area contributed by atoms with E-state index in [-0.39, 0.29) is 5.91 Å². The molecule has 2 heterocycles. The molecule has 1 aromatic carbocycles. The maximum atomic E-state index is 12.6. The fraction of sp³-hybridized carbons (Fsp3) is 0.455. The first kappa shape index (κ1) is 20.1. The van der Waals surface area contributed by atoms with Crippen LogP contribution in [0.1, 0.15) is 30.1 Å². The Morgan fingerprint density at radius 3 is 2.57 bits per heavy atom. The van der Waals surface area contributed by atoms with E-state index in [0.717, 1.165) is 37.8 Å². The van der Waals surface area contributed by atoms with E-state index in [0.29, 0.717) is 11.4 Å². The summed E-state index contributed by atoms with van der Waals surface area (Å²) in [6, 6.07) is 11.6. The molecular formula is C22H31N5O. The maximum absolute atomic E-state index is 12.6. The molecule has 6 nitrogen and oxygen atoms in total. The normalized spacial score (nSPS) is 14.9. The number of nitrogens with one attached hydrogen (secondary N) is 2. The number of pyridine rings is 1. The third-order valence-corrected chi connectivity index (χ3v) is 5.16. The molecule has 1 saturated heterocycles. The summed E-state index contributed by atoms with van der Waals surface area (Å²) in [7, 11) is 4.05. The van der Waals surface area contributed by atoms with Gasteiger partial charge >= 0.3 is 0 Å². The molecule has 6 heteroatoms. The number of likely N-dealkylation sites (N-methyl/N-ethyl adjacent to an activating group) is 1. The Kier molecular flexibility index (Phi) is 6.87. The molecular weight excluding hydrogens is 350 g/mol. The number of hydrogen-bond acceptors (Lipinski definition) is 5. The molecule has 1 amide bonds. The van der Waals surface area contributed by atoms with Gasteiger partial charge < -0.3 is 20.4 Å². The molecule has 0 aliphatic carbocycles. The number of benzene rings is 1. The van der Waals surface area contributed by atoms with Crippen molar-refractivity contribution in [3.8, 4) is 0 Å². The van der Waals surface area contributed by atoms with E-state index in [1.807, 2.05) is 26.2 Å². The zero-order valence-corrected chi connectivity index (χ0v) is 17.1. The van der Waals surface area contributed by atoms with Crippen LogP contribution in [0.25, 0.3) is 0 Å². The Hall–Kier alpha value is -2.60. The lowest BCUT2D eigenvalue weighted by Gasteiger charge is -2.32. The van der Waals surface area contributed by atoms with Crippen LogP contribution >= 0.6 is 0 Å². The molecule has 150 valence electrons. The Labute approximate surface area is 167 Å². The first-order valence-electron chi connectivity index (χ1n) is 10.0. The van der Waals surface area contributed by atoms with E-state index < -0.39 is 0 Å². The van der Waals surface area contributed by atoms with Crippen molar-refractivity contribution >= 4 is 23.1 Å². The maximum Gasteiger partial charge on any atom is 0.255 e. The number of aromatic nitrogens is 1. The largest absolute Gasteiger partial charge is 0.372 e. The minimum absolute atomic E-state index is 0.127. The minimum atomic E-state index is -0.127. The molecule has 1 fully saturated rings. The van der Waals surface area contributed by atoms with Crippen LogP contribution in [0.5, 0.6) is 0 Å².